The second-order valence-corrected chi connectivity index (χ2v) is 9.82. The lowest BCUT2D eigenvalue weighted by atomic mass is 10.2. The molecular weight excluding hydrogens is 464 g/mol. The van der Waals surface area contributed by atoms with Gasteiger partial charge in [0.1, 0.15) is 18.1 Å². The van der Waals surface area contributed by atoms with Gasteiger partial charge in [-0.3, -0.25) is 9.10 Å². The lowest BCUT2D eigenvalue weighted by Gasteiger charge is -2.34. The molecule has 1 aliphatic rings. The summed E-state index contributed by atoms with van der Waals surface area (Å²) in [6.07, 6.45) is -1.03. The molecule has 1 aliphatic heterocycles. The molecule has 0 saturated carbocycles. The Kier molecular flexibility index (Phi) is 6.76. The van der Waals surface area contributed by atoms with Crippen LogP contribution >= 0.6 is 11.6 Å². The van der Waals surface area contributed by atoms with Crippen molar-refractivity contribution in [3.05, 3.63) is 83.4 Å². The molecule has 1 heterocycles. The van der Waals surface area contributed by atoms with E-state index in [1.54, 1.807) is 30.3 Å². The number of rotatable bonds is 7. The molecule has 1 amide bonds. The Balaban J connectivity index is 1.48. The van der Waals surface area contributed by atoms with Gasteiger partial charge in [-0.15, -0.1) is 0 Å². The zero-order valence-corrected chi connectivity index (χ0v) is 19.5. The first-order valence-corrected chi connectivity index (χ1v) is 12.2. The van der Waals surface area contributed by atoms with E-state index in [0.29, 0.717) is 10.8 Å². The van der Waals surface area contributed by atoms with Crippen molar-refractivity contribution in [1.82, 2.24) is 5.32 Å². The van der Waals surface area contributed by atoms with Crippen LogP contribution in [-0.4, -0.2) is 40.1 Å². The molecule has 7 nitrogen and oxygen atoms in total. The van der Waals surface area contributed by atoms with E-state index in [2.05, 4.69) is 5.32 Å². The van der Waals surface area contributed by atoms with Crippen LogP contribution in [0.15, 0.2) is 77.7 Å². The minimum atomic E-state index is -3.93. The number of halogens is 1. The third kappa shape index (κ3) is 5.23. The highest BCUT2D eigenvalue weighted by atomic mass is 35.5. The van der Waals surface area contributed by atoms with Gasteiger partial charge in [-0.05, 0) is 55.0 Å². The molecular formula is C24H23ClN2O5S. The van der Waals surface area contributed by atoms with Crippen molar-refractivity contribution in [2.75, 3.05) is 24.0 Å². The van der Waals surface area contributed by atoms with E-state index < -0.39 is 22.0 Å². The smallest absolute Gasteiger partial charge is 0.264 e. The number of aryl methyl sites for hydroxylation is 1. The summed E-state index contributed by atoms with van der Waals surface area (Å²) in [6.45, 7) is 2.29. The van der Waals surface area contributed by atoms with E-state index in [0.717, 1.165) is 5.56 Å². The molecule has 3 aromatic rings. The summed E-state index contributed by atoms with van der Waals surface area (Å²) in [7, 11) is -3.93. The molecule has 4 rings (SSSR count). The number of benzene rings is 3. The average molecular weight is 487 g/mol. The van der Waals surface area contributed by atoms with E-state index in [1.807, 2.05) is 31.2 Å². The summed E-state index contributed by atoms with van der Waals surface area (Å²) in [4.78, 5) is 12.9. The molecule has 0 saturated heterocycles. The van der Waals surface area contributed by atoms with Crippen molar-refractivity contribution in [1.29, 1.82) is 0 Å². The molecule has 0 spiro atoms. The summed E-state index contributed by atoms with van der Waals surface area (Å²) in [5, 5.41) is 3.12. The van der Waals surface area contributed by atoms with Crippen LogP contribution in [0, 0.1) is 6.92 Å². The largest absolute Gasteiger partial charge is 0.492 e. The molecule has 0 fully saturated rings. The molecule has 0 aliphatic carbocycles. The predicted molar refractivity (Wildman–Crippen MR) is 127 cm³/mol. The van der Waals surface area contributed by atoms with Gasteiger partial charge in [0.05, 0.1) is 23.7 Å². The fraction of sp³-hybridized carbons (Fsp3) is 0.208. The summed E-state index contributed by atoms with van der Waals surface area (Å²) < 4.78 is 39.3. The van der Waals surface area contributed by atoms with E-state index >= 15 is 0 Å². The van der Waals surface area contributed by atoms with Crippen molar-refractivity contribution in [3.8, 4) is 11.5 Å². The first-order chi connectivity index (χ1) is 15.8. The summed E-state index contributed by atoms with van der Waals surface area (Å²) in [5.74, 6) is 0.544. The maximum atomic E-state index is 13.3. The van der Waals surface area contributed by atoms with Crippen molar-refractivity contribution in [2.45, 2.75) is 17.9 Å². The fourth-order valence-electron chi connectivity index (χ4n) is 3.47. The van der Waals surface area contributed by atoms with Crippen LogP contribution in [0.5, 0.6) is 11.5 Å². The van der Waals surface area contributed by atoms with Crippen molar-refractivity contribution >= 4 is 33.2 Å². The van der Waals surface area contributed by atoms with Gasteiger partial charge < -0.3 is 14.8 Å². The molecule has 172 valence electrons. The van der Waals surface area contributed by atoms with Crippen molar-refractivity contribution < 1.29 is 22.7 Å². The molecule has 0 aromatic heterocycles. The highest BCUT2D eigenvalue weighted by molar-refractivity contribution is 7.92. The quantitative estimate of drug-likeness (QED) is 0.513. The first kappa shape index (κ1) is 22.9. The molecule has 0 radical (unpaired) electrons. The second-order valence-electron chi connectivity index (χ2n) is 7.52. The first-order valence-electron chi connectivity index (χ1n) is 10.4. The maximum Gasteiger partial charge on any atom is 0.264 e. The number of hydrogen-bond acceptors (Lipinski definition) is 5. The average Bonchev–Trinajstić information content (AvgIpc) is 2.81. The predicted octanol–water partition coefficient (Wildman–Crippen LogP) is 3.80. The minimum absolute atomic E-state index is 0.114. The lowest BCUT2D eigenvalue weighted by molar-refractivity contribution is -0.127. The Morgan fingerprint density at radius 3 is 2.67 bits per heavy atom. The van der Waals surface area contributed by atoms with E-state index in [-0.39, 0.29) is 36.0 Å². The van der Waals surface area contributed by atoms with Crippen LogP contribution < -0.4 is 19.1 Å². The lowest BCUT2D eigenvalue weighted by Crippen LogP contribution is -2.51. The van der Waals surface area contributed by atoms with Crippen molar-refractivity contribution in [2.24, 2.45) is 0 Å². The number of fused-ring (bicyclic) bond motifs is 1. The van der Waals surface area contributed by atoms with Crippen LogP contribution in [-0.2, 0) is 14.8 Å². The Hall–Kier alpha value is -3.23. The highest BCUT2D eigenvalue weighted by Crippen LogP contribution is 2.38. The van der Waals surface area contributed by atoms with E-state index in [4.69, 9.17) is 21.1 Å². The molecule has 1 N–H and O–H groups in total. The number of sulfonamides is 1. The number of carbonyl (C=O) groups excluding carboxylic acids is 1. The van der Waals surface area contributed by atoms with Crippen molar-refractivity contribution in [3.63, 3.8) is 0 Å². The van der Waals surface area contributed by atoms with Gasteiger partial charge in [0, 0.05) is 5.02 Å². The normalized spacial score (nSPS) is 15.3. The van der Waals surface area contributed by atoms with Crippen LogP contribution in [0.1, 0.15) is 5.56 Å². The number of nitrogens with one attached hydrogen (secondary N) is 1. The van der Waals surface area contributed by atoms with Gasteiger partial charge in [0.15, 0.2) is 6.10 Å². The number of ether oxygens (including phenoxy) is 2. The highest BCUT2D eigenvalue weighted by Gasteiger charge is 2.37. The third-order valence-corrected chi connectivity index (χ3v) is 7.10. The van der Waals surface area contributed by atoms with Gasteiger partial charge in [-0.2, -0.15) is 0 Å². The third-order valence-electron chi connectivity index (χ3n) is 5.07. The zero-order valence-electron chi connectivity index (χ0n) is 17.9. The Bertz CT molecular complexity index is 1250. The van der Waals surface area contributed by atoms with Gasteiger partial charge in [-0.1, -0.05) is 41.9 Å². The summed E-state index contributed by atoms with van der Waals surface area (Å²) in [6, 6.07) is 20.3. The topological polar surface area (TPSA) is 84.9 Å². The number of anilines is 1. The molecule has 1 unspecified atom stereocenters. The number of hydrogen-bond donors (Lipinski definition) is 1. The molecule has 33 heavy (non-hydrogen) atoms. The van der Waals surface area contributed by atoms with Gasteiger partial charge >= 0.3 is 0 Å². The number of amides is 1. The van der Waals surface area contributed by atoms with Crippen LogP contribution in [0.2, 0.25) is 5.02 Å². The van der Waals surface area contributed by atoms with Gasteiger partial charge in [0.25, 0.3) is 15.9 Å². The fourth-order valence-corrected chi connectivity index (χ4v) is 5.13. The zero-order chi connectivity index (χ0) is 23.4. The molecule has 1 atom stereocenters. The Labute approximate surface area is 197 Å². The number of nitrogens with zero attached hydrogens (tertiary/aromatic N) is 1. The monoisotopic (exact) mass is 486 g/mol. The van der Waals surface area contributed by atoms with Gasteiger partial charge in [0.2, 0.25) is 0 Å². The SMILES string of the molecule is Cc1cccc(OCCNC(=O)C2CN(S(=O)(=O)c3ccccc3)c3cc(Cl)ccc3O2)c1. The maximum absolute atomic E-state index is 13.3. The van der Waals surface area contributed by atoms with Crippen LogP contribution in [0.4, 0.5) is 5.69 Å². The second kappa shape index (κ2) is 9.72. The Morgan fingerprint density at radius 1 is 1.12 bits per heavy atom. The van der Waals surface area contributed by atoms with Crippen LogP contribution in [0.3, 0.4) is 0 Å². The van der Waals surface area contributed by atoms with Gasteiger partial charge in [-0.25, -0.2) is 8.42 Å². The number of carbonyl (C=O) groups is 1. The standard InChI is InChI=1S/C24H23ClN2O5S/c1-17-6-5-7-19(14-17)31-13-12-26-24(28)23-16-27(21-15-18(25)10-11-22(21)32-23)33(29,30)20-8-3-2-4-9-20/h2-11,14-15,23H,12-13,16H2,1H3,(H,26,28). The van der Waals surface area contributed by atoms with E-state index in [1.165, 1.54) is 22.5 Å². The molecule has 0 bridgehead atoms. The minimum Gasteiger partial charge on any atom is -0.492 e. The van der Waals surface area contributed by atoms with Crippen LogP contribution in [0.25, 0.3) is 0 Å². The summed E-state index contributed by atoms with van der Waals surface area (Å²) in [5.41, 5.74) is 1.36. The van der Waals surface area contributed by atoms with E-state index in [9.17, 15) is 13.2 Å². The summed E-state index contributed by atoms with van der Waals surface area (Å²) >= 11 is 6.11. The Morgan fingerprint density at radius 2 is 1.91 bits per heavy atom. The molecule has 9 heteroatoms. The molecule has 3 aromatic carbocycles.